The molecule has 1 aromatic rings. The summed E-state index contributed by atoms with van der Waals surface area (Å²) in [6.45, 7) is 0.235. The van der Waals surface area contributed by atoms with Crippen molar-refractivity contribution >= 4 is 5.97 Å². The molecule has 14 heavy (non-hydrogen) atoms. The number of hydrogen-bond donors (Lipinski definition) is 0. The molecule has 2 rings (SSSR count). The fraction of sp³-hybridized carbons (Fsp3) is 0.300. The number of aryl methyl sites for hydroxylation is 1. The lowest BCUT2D eigenvalue weighted by atomic mass is 10.1. The highest BCUT2D eigenvalue weighted by Crippen LogP contribution is 2.32. The minimum Gasteiger partial charge on any atom is -0.550 e. The zero-order chi connectivity index (χ0) is 9.97. The van der Waals surface area contributed by atoms with Gasteiger partial charge in [0.1, 0.15) is 0 Å². The topological polar surface area (TPSA) is 58.6 Å². The van der Waals surface area contributed by atoms with Crippen molar-refractivity contribution in [1.82, 2.24) is 0 Å². The second-order valence-electron chi connectivity index (χ2n) is 3.06. The summed E-state index contributed by atoms with van der Waals surface area (Å²) in [5.41, 5.74) is 0.915. The molecule has 0 aliphatic carbocycles. The van der Waals surface area contributed by atoms with Crippen molar-refractivity contribution in [2.45, 2.75) is 12.8 Å². The van der Waals surface area contributed by atoms with E-state index in [4.69, 9.17) is 9.47 Å². The van der Waals surface area contributed by atoms with Gasteiger partial charge in [-0.15, -0.1) is 0 Å². The molecule has 0 atom stereocenters. The first kappa shape index (κ1) is 8.87. The van der Waals surface area contributed by atoms with Crippen LogP contribution in [0.15, 0.2) is 18.2 Å². The maximum Gasteiger partial charge on any atom is 0.231 e. The molecule has 0 aromatic heterocycles. The van der Waals surface area contributed by atoms with E-state index in [0.717, 1.165) is 5.56 Å². The number of aliphatic carboxylic acids is 1. The summed E-state index contributed by atoms with van der Waals surface area (Å²) in [5.74, 6) is 0.353. The van der Waals surface area contributed by atoms with Crippen LogP contribution in [0.2, 0.25) is 0 Å². The van der Waals surface area contributed by atoms with E-state index in [1.807, 2.05) is 6.07 Å². The average Bonchev–Trinajstić information content (AvgIpc) is 2.61. The van der Waals surface area contributed by atoms with E-state index in [1.54, 1.807) is 12.1 Å². The van der Waals surface area contributed by atoms with E-state index in [0.29, 0.717) is 17.9 Å². The molecule has 0 radical (unpaired) electrons. The predicted octanol–water partition coefficient (Wildman–Crippen LogP) is 0.0978. The molecule has 4 nitrogen and oxygen atoms in total. The van der Waals surface area contributed by atoms with Gasteiger partial charge in [-0.05, 0) is 30.5 Å². The van der Waals surface area contributed by atoms with Crippen molar-refractivity contribution < 1.29 is 19.4 Å². The number of carboxylic acid groups (broad SMARTS) is 1. The quantitative estimate of drug-likeness (QED) is 0.683. The Morgan fingerprint density at radius 2 is 2.14 bits per heavy atom. The van der Waals surface area contributed by atoms with Gasteiger partial charge in [-0.1, -0.05) is 6.07 Å². The number of carbonyl (C=O) groups excluding carboxylic acids is 1. The number of fused-ring (bicyclic) bond motifs is 1. The number of carboxylic acids is 1. The molecule has 1 aliphatic heterocycles. The molecule has 1 aromatic carbocycles. The number of benzene rings is 1. The van der Waals surface area contributed by atoms with E-state index in [-0.39, 0.29) is 13.2 Å². The highest BCUT2D eigenvalue weighted by Gasteiger charge is 2.12. The van der Waals surface area contributed by atoms with Gasteiger partial charge >= 0.3 is 0 Å². The van der Waals surface area contributed by atoms with Crippen molar-refractivity contribution in [3.8, 4) is 11.5 Å². The van der Waals surface area contributed by atoms with Gasteiger partial charge in [-0.2, -0.15) is 0 Å². The van der Waals surface area contributed by atoms with Crippen molar-refractivity contribution in [2.24, 2.45) is 0 Å². The Labute approximate surface area is 81.1 Å². The largest absolute Gasteiger partial charge is 0.550 e. The summed E-state index contributed by atoms with van der Waals surface area (Å²) in [6, 6.07) is 5.41. The van der Waals surface area contributed by atoms with Crippen LogP contribution in [0.25, 0.3) is 0 Å². The van der Waals surface area contributed by atoms with Crippen LogP contribution in [-0.4, -0.2) is 12.8 Å². The van der Waals surface area contributed by atoms with E-state index >= 15 is 0 Å². The Morgan fingerprint density at radius 1 is 1.36 bits per heavy atom. The molecule has 0 unspecified atom stereocenters. The maximum atomic E-state index is 10.2. The maximum absolute atomic E-state index is 10.2. The van der Waals surface area contributed by atoms with Gasteiger partial charge in [-0.3, -0.25) is 0 Å². The van der Waals surface area contributed by atoms with Crippen LogP contribution in [0.5, 0.6) is 11.5 Å². The average molecular weight is 193 g/mol. The fourth-order valence-corrected chi connectivity index (χ4v) is 1.34. The molecule has 0 saturated carbocycles. The van der Waals surface area contributed by atoms with Crippen molar-refractivity contribution in [3.05, 3.63) is 23.8 Å². The molecule has 0 bridgehead atoms. The Morgan fingerprint density at radius 3 is 2.93 bits per heavy atom. The summed E-state index contributed by atoms with van der Waals surface area (Å²) in [6.07, 6.45) is 0.485. The SMILES string of the molecule is O=C([O-])CCc1ccc2c(c1)OCO2. The molecule has 1 heterocycles. The molecular weight excluding hydrogens is 184 g/mol. The number of rotatable bonds is 3. The van der Waals surface area contributed by atoms with Gasteiger partial charge in [0.05, 0.1) is 0 Å². The van der Waals surface area contributed by atoms with Gasteiger partial charge in [0.15, 0.2) is 11.5 Å². The van der Waals surface area contributed by atoms with Crippen LogP contribution in [0.1, 0.15) is 12.0 Å². The highest BCUT2D eigenvalue weighted by atomic mass is 16.7. The number of hydrogen-bond acceptors (Lipinski definition) is 4. The predicted molar refractivity (Wildman–Crippen MR) is 45.9 cm³/mol. The second-order valence-corrected chi connectivity index (χ2v) is 3.06. The van der Waals surface area contributed by atoms with Gasteiger partial charge in [-0.25, -0.2) is 0 Å². The number of ether oxygens (including phenoxy) is 2. The van der Waals surface area contributed by atoms with Crippen LogP contribution >= 0.6 is 0 Å². The minimum atomic E-state index is -1.04. The zero-order valence-electron chi connectivity index (χ0n) is 7.49. The molecule has 0 fully saturated rings. The molecule has 0 amide bonds. The van der Waals surface area contributed by atoms with Crippen LogP contribution in [0, 0.1) is 0 Å². The van der Waals surface area contributed by atoms with E-state index in [9.17, 15) is 9.90 Å². The third kappa shape index (κ3) is 1.79. The smallest absolute Gasteiger partial charge is 0.231 e. The summed E-state index contributed by atoms with van der Waals surface area (Å²) >= 11 is 0. The Balaban J connectivity index is 2.09. The van der Waals surface area contributed by atoms with Gasteiger partial charge in [0.2, 0.25) is 6.79 Å². The standard InChI is InChI=1S/C10H10O4/c11-10(12)4-2-7-1-3-8-9(5-7)14-6-13-8/h1,3,5H,2,4,6H2,(H,11,12)/p-1. The third-order valence-corrected chi connectivity index (χ3v) is 2.05. The van der Waals surface area contributed by atoms with E-state index in [1.165, 1.54) is 0 Å². The first-order valence-electron chi connectivity index (χ1n) is 4.34. The zero-order valence-corrected chi connectivity index (χ0v) is 7.49. The molecule has 0 saturated heterocycles. The minimum absolute atomic E-state index is 0.0274. The van der Waals surface area contributed by atoms with Crippen LogP contribution < -0.4 is 14.6 Å². The Kier molecular flexibility index (Phi) is 2.26. The summed E-state index contributed by atoms with van der Waals surface area (Å²) in [7, 11) is 0. The van der Waals surface area contributed by atoms with E-state index < -0.39 is 5.97 Å². The summed E-state index contributed by atoms with van der Waals surface area (Å²) in [4.78, 5) is 10.2. The van der Waals surface area contributed by atoms with E-state index in [2.05, 4.69) is 0 Å². The summed E-state index contributed by atoms with van der Waals surface area (Å²) < 4.78 is 10.3. The molecular formula is C10H9O4-. The summed E-state index contributed by atoms with van der Waals surface area (Å²) in [5, 5.41) is 10.2. The molecule has 0 N–H and O–H groups in total. The molecule has 74 valence electrons. The number of carbonyl (C=O) groups is 1. The lowest BCUT2D eigenvalue weighted by Gasteiger charge is -2.03. The Bertz CT molecular complexity index is 359. The molecule has 4 heteroatoms. The van der Waals surface area contributed by atoms with Crippen molar-refractivity contribution in [2.75, 3.05) is 6.79 Å². The van der Waals surface area contributed by atoms with Crippen LogP contribution in [0.3, 0.4) is 0 Å². The Hall–Kier alpha value is -1.71. The highest BCUT2D eigenvalue weighted by molar-refractivity contribution is 5.64. The lowest BCUT2D eigenvalue weighted by Crippen LogP contribution is -2.22. The first-order valence-corrected chi connectivity index (χ1v) is 4.34. The van der Waals surface area contributed by atoms with Crippen LogP contribution in [0.4, 0.5) is 0 Å². The monoisotopic (exact) mass is 193 g/mol. The van der Waals surface area contributed by atoms with Gasteiger partial charge in [0.25, 0.3) is 0 Å². The van der Waals surface area contributed by atoms with Crippen molar-refractivity contribution in [1.29, 1.82) is 0 Å². The van der Waals surface area contributed by atoms with Gasteiger partial charge in [0, 0.05) is 5.97 Å². The normalized spacial score (nSPS) is 12.9. The van der Waals surface area contributed by atoms with Crippen LogP contribution in [-0.2, 0) is 11.2 Å². The molecule has 1 aliphatic rings. The lowest BCUT2D eigenvalue weighted by molar-refractivity contribution is -0.305. The second kappa shape index (κ2) is 3.57. The third-order valence-electron chi connectivity index (χ3n) is 2.05. The first-order chi connectivity index (χ1) is 6.75. The van der Waals surface area contributed by atoms with Crippen molar-refractivity contribution in [3.63, 3.8) is 0 Å². The van der Waals surface area contributed by atoms with Gasteiger partial charge < -0.3 is 19.4 Å². The fourth-order valence-electron chi connectivity index (χ4n) is 1.34. The molecule has 0 spiro atoms.